The maximum atomic E-state index is 13.8. The van der Waals surface area contributed by atoms with Crippen LogP contribution in [0, 0.1) is 0 Å². The molecule has 0 aliphatic carbocycles. The SMILES string of the molecule is CCCSc1nc2n(n1)C(c1ccc(OCC)c(OC)c1)C(C(=O)Nc1ccccc1OCC)=C(C)N2. The first-order valence-corrected chi connectivity index (χ1v) is 13.4. The highest BCUT2D eigenvalue weighted by Crippen LogP contribution is 2.40. The molecule has 1 aliphatic heterocycles. The van der Waals surface area contributed by atoms with E-state index in [2.05, 4.69) is 22.5 Å². The van der Waals surface area contributed by atoms with Gasteiger partial charge in [-0.25, -0.2) is 4.68 Å². The van der Waals surface area contributed by atoms with Crippen LogP contribution in [0.1, 0.15) is 45.7 Å². The third-order valence-corrected chi connectivity index (χ3v) is 6.79. The van der Waals surface area contributed by atoms with Gasteiger partial charge in [-0.1, -0.05) is 36.9 Å². The van der Waals surface area contributed by atoms with Crippen molar-refractivity contribution in [2.45, 2.75) is 45.3 Å². The first-order chi connectivity index (χ1) is 18.0. The lowest BCUT2D eigenvalue weighted by Crippen LogP contribution is -2.31. The molecule has 0 radical (unpaired) electrons. The Morgan fingerprint density at radius 1 is 1.08 bits per heavy atom. The summed E-state index contributed by atoms with van der Waals surface area (Å²) < 4.78 is 18.8. The van der Waals surface area contributed by atoms with Crippen molar-refractivity contribution in [2.24, 2.45) is 0 Å². The number of benzene rings is 2. The van der Waals surface area contributed by atoms with Crippen LogP contribution < -0.4 is 24.8 Å². The summed E-state index contributed by atoms with van der Waals surface area (Å²) in [6.07, 6.45) is 1.01. The molecule has 4 rings (SSSR count). The first kappa shape index (κ1) is 26.4. The van der Waals surface area contributed by atoms with Crippen molar-refractivity contribution < 1.29 is 19.0 Å². The van der Waals surface area contributed by atoms with Gasteiger partial charge in [0.05, 0.1) is 31.6 Å². The van der Waals surface area contributed by atoms with E-state index in [9.17, 15) is 4.79 Å². The molecule has 2 N–H and O–H groups in total. The number of thioether (sulfide) groups is 1. The molecular formula is C27H33N5O4S. The maximum absolute atomic E-state index is 13.8. The fraction of sp³-hybridized carbons (Fsp3) is 0.370. The number of amides is 1. The molecule has 3 aromatic rings. The van der Waals surface area contributed by atoms with E-state index in [1.54, 1.807) is 23.6 Å². The Morgan fingerprint density at radius 3 is 2.57 bits per heavy atom. The first-order valence-electron chi connectivity index (χ1n) is 12.4. The number of nitrogens with one attached hydrogen (secondary N) is 2. The summed E-state index contributed by atoms with van der Waals surface area (Å²) in [5.41, 5.74) is 2.63. The van der Waals surface area contributed by atoms with Gasteiger partial charge in [-0.3, -0.25) is 4.79 Å². The van der Waals surface area contributed by atoms with Crippen LogP contribution in [0.2, 0.25) is 0 Å². The Bertz CT molecular complexity index is 1290. The van der Waals surface area contributed by atoms with E-state index < -0.39 is 6.04 Å². The van der Waals surface area contributed by atoms with Crippen molar-refractivity contribution in [1.82, 2.24) is 14.8 Å². The molecule has 1 amide bonds. The summed E-state index contributed by atoms with van der Waals surface area (Å²) in [6, 6.07) is 12.5. The van der Waals surface area contributed by atoms with E-state index in [4.69, 9.17) is 19.3 Å². The highest BCUT2D eigenvalue weighted by atomic mass is 32.2. The van der Waals surface area contributed by atoms with Gasteiger partial charge in [-0.15, -0.1) is 5.10 Å². The molecule has 1 unspecified atom stereocenters. The third kappa shape index (κ3) is 5.69. The molecule has 2 heterocycles. The van der Waals surface area contributed by atoms with Crippen LogP contribution in [0.4, 0.5) is 11.6 Å². The van der Waals surface area contributed by atoms with Crippen LogP contribution in [-0.2, 0) is 4.79 Å². The average molecular weight is 524 g/mol. The van der Waals surface area contributed by atoms with Gasteiger partial charge in [0.2, 0.25) is 11.1 Å². The number of hydrogen-bond donors (Lipinski definition) is 2. The predicted molar refractivity (Wildman–Crippen MR) is 146 cm³/mol. The van der Waals surface area contributed by atoms with Crippen molar-refractivity contribution in [2.75, 3.05) is 36.7 Å². The van der Waals surface area contributed by atoms with E-state index in [0.717, 1.165) is 17.7 Å². The number of anilines is 2. The lowest BCUT2D eigenvalue weighted by molar-refractivity contribution is -0.113. The zero-order valence-electron chi connectivity index (χ0n) is 21.8. The third-order valence-electron chi connectivity index (χ3n) is 5.75. The van der Waals surface area contributed by atoms with Gasteiger partial charge in [-0.05, 0) is 57.0 Å². The highest BCUT2D eigenvalue weighted by Gasteiger charge is 2.35. The standard InChI is InChI=1S/C27H33N5O4S/c1-6-15-37-27-30-26-28-17(4)23(25(33)29-19-11-9-10-12-20(19)35-7-2)24(32(26)31-27)18-13-14-21(36-8-3)22(16-18)34-5/h9-14,16,24H,6-8,15H2,1-5H3,(H,29,33)(H,28,30,31). The Labute approximate surface area is 221 Å². The molecule has 2 aromatic carbocycles. The molecule has 0 saturated carbocycles. The number of methoxy groups -OCH3 is 1. The number of carbonyl (C=O) groups excluding carboxylic acids is 1. The molecule has 10 heteroatoms. The zero-order valence-corrected chi connectivity index (χ0v) is 22.6. The normalized spacial score (nSPS) is 14.6. The molecule has 1 atom stereocenters. The molecule has 0 fully saturated rings. The van der Waals surface area contributed by atoms with Crippen LogP contribution in [0.3, 0.4) is 0 Å². The Balaban J connectivity index is 1.79. The molecule has 0 bridgehead atoms. The van der Waals surface area contributed by atoms with Gasteiger partial charge in [-0.2, -0.15) is 4.98 Å². The van der Waals surface area contributed by atoms with Crippen LogP contribution in [0.5, 0.6) is 17.2 Å². The van der Waals surface area contributed by atoms with Crippen LogP contribution in [0.15, 0.2) is 58.9 Å². The number of hydrogen-bond acceptors (Lipinski definition) is 8. The van der Waals surface area contributed by atoms with Gasteiger partial charge in [0, 0.05) is 11.4 Å². The van der Waals surface area contributed by atoms with Crippen LogP contribution in [0.25, 0.3) is 0 Å². The number of para-hydroxylation sites is 2. The monoisotopic (exact) mass is 523 g/mol. The molecule has 37 heavy (non-hydrogen) atoms. The Kier molecular flexibility index (Phi) is 8.60. The van der Waals surface area contributed by atoms with E-state index in [-0.39, 0.29) is 5.91 Å². The number of carbonyl (C=O) groups is 1. The van der Waals surface area contributed by atoms with E-state index in [0.29, 0.717) is 58.5 Å². The number of aromatic nitrogens is 3. The van der Waals surface area contributed by atoms with Crippen molar-refractivity contribution in [3.8, 4) is 17.2 Å². The number of ether oxygens (including phenoxy) is 3. The fourth-order valence-corrected chi connectivity index (χ4v) is 4.84. The fourth-order valence-electron chi connectivity index (χ4n) is 4.16. The summed E-state index contributed by atoms with van der Waals surface area (Å²) in [7, 11) is 1.60. The minimum absolute atomic E-state index is 0.265. The second kappa shape index (κ2) is 12.1. The summed E-state index contributed by atoms with van der Waals surface area (Å²) in [6.45, 7) is 8.83. The minimum atomic E-state index is -0.538. The zero-order chi connectivity index (χ0) is 26.4. The van der Waals surface area contributed by atoms with Crippen LogP contribution >= 0.6 is 11.8 Å². The lowest BCUT2D eigenvalue weighted by atomic mass is 9.94. The van der Waals surface area contributed by atoms with Crippen LogP contribution in [-0.4, -0.2) is 46.7 Å². The topological polar surface area (TPSA) is 99.5 Å². The second-order valence-electron chi connectivity index (χ2n) is 8.30. The summed E-state index contributed by atoms with van der Waals surface area (Å²) in [5.74, 6) is 3.05. The van der Waals surface area contributed by atoms with E-state index in [1.165, 1.54) is 0 Å². The minimum Gasteiger partial charge on any atom is -0.493 e. The second-order valence-corrected chi connectivity index (χ2v) is 9.37. The molecular weight excluding hydrogens is 490 g/mol. The summed E-state index contributed by atoms with van der Waals surface area (Å²) in [5, 5.41) is 11.8. The number of nitrogens with zero attached hydrogens (tertiary/aromatic N) is 3. The maximum Gasteiger partial charge on any atom is 0.255 e. The summed E-state index contributed by atoms with van der Waals surface area (Å²) in [4.78, 5) is 18.5. The number of allylic oxidation sites excluding steroid dienone is 1. The lowest BCUT2D eigenvalue weighted by Gasteiger charge is -2.29. The largest absolute Gasteiger partial charge is 0.493 e. The van der Waals surface area contributed by atoms with E-state index in [1.807, 2.05) is 63.2 Å². The quantitative estimate of drug-likeness (QED) is 0.317. The van der Waals surface area contributed by atoms with Gasteiger partial charge in [0.15, 0.2) is 11.5 Å². The van der Waals surface area contributed by atoms with Gasteiger partial charge in [0.1, 0.15) is 11.8 Å². The Morgan fingerprint density at radius 2 is 1.84 bits per heavy atom. The van der Waals surface area contributed by atoms with Crippen molar-refractivity contribution in [3.05, 3.63) is 59.3 Å². The van der Waals surface area contributed by atoms with E-state index >= 15 is 0 Å². The predicted octanol–water partition coefficient (Wildman–Crippen LogP) is 5.51. The highest BCUT2D eigenvalue weighted by molar-refractivity contribution is 7.99. The number of rotatable bonds is 11. The molecule has 9 nitrogen and oxygen atoms in total. The van der Waals surface area contributed by atoms with Gasteiger partial charge in [0.25, 0.3) is 5.91 Å². The smallest absolute Gasteiger partial charge is 0.255 e. The molecule has 196 valence electrons. The summed E-state index contributed by atoms with van der Waals surface area (Å²) >= 11 is 1.59. The number of fused-ring (bicyclic) bond motifs is 1. The van der Waals surface area contributed by atoms with Crippen molar-refractivity contribution in [3.63, 3.8) is 0 Å². The molecule has 0 spiro atoms. The van der Waals surface area contributed by atoms with Gasteiger partial charge >= 0.3 is 0 Å². The Hall–Kier alpha value is -3.66. The average Bonchev–Trinajstić information content (AvgIpc) is 3.30. The molecule has 1 aliphatic rings. The molecule has 1 aromatic heterocycles. The van der Waals surface area contributed by atoms with Gasteiger partial charge < -0.3 is 24.8 Å². The molecule has 0 saturated heterocycles. The van der Waals surface area contributed by atoms with Crippen molar-refractivity contribution >= 4 is 29.3 Å². The van der Waals surface area contributed by atoms with Crippen molar-refractivity contribution in [1.29, 1.82) is 0 Å².